The molecule has 104 valence electrons. The molecule has 0 heterocycles. The van der Waals surface area contributed by atoms with Crippen molar-refractivity contribution in [3.8, 4) is 11.8 Å². The minimum atomic E-state index is 0.657. The highest BCUT2D eigenvalue weighted by Gasteiger charge is 2.12. The average Bonchev–Trinajstić information content (AvgIpc) is 2.38. The maximum atomic E-state index is 3.12. The van der Waals surface area contributed by atoms with Gasteiger partial charge in [-0.25, -0.2) is 0 Å². The third kappa shape index (κ3) is 4.73. The van der Waals surface area contributed by atoms with Crippen molar-refractivity contribution >= 4 is 0 Å². The predicted octanol–water partition coefficient (Wildman–Crippen LogP) is 4.38. The smallest absolute Gasteiger partial charge is 0.0247 e. The van der Waals surface area contributed by atoms with E-state index in [-0.39, 0.29) is 0 Å². The van der Waals surface area contributed by atoms with Crippen molar-refractivity contribution in [1.82, 2.24) is 4.90 Å². The van der Waals surface area contributed by atoms with Crippen LogP contribution in [0.15, 0.2) is 18.2 Å². The van der Waals surface area contributed by atoms with Crippen LogP contribution < -0.4 is 0 Å². The Bertz CT molecular complexity index is 450. The normalized spacial score (nSPS) is 12.1. The van der Waals surface area contributed by atoms with E-state index in [4.69, 9.17) is 0 Å². The van der Waals surface area contributed by atoms with Crippen molar-refractivity contribution in [3.05, 3.63) is 34.9 Å². The van der Waals surface area contributed by atoms with Crippen LogP contribution in [0.1, 0.15) is 57.2 Å². The predicted molar refractivity (Wildman–Crippen MR) is 84.2 cm³/mol. The molecule has 0 amide bonds. The zero-order valence-corrected chi connectivity index (χ0v) is 13.1. The molecule has 0 fully saturated rings. The molecule has 1 heteroatoms. The van der Waals surface area contributed by atoms with E-state index in [9.17, 15) is 0 Å². The van der Waals surface area contributed by atoms with Gasteiger partial charge in [0.1, 0.15) is 0 Å². The van der Waals surface area contributed by atoms with E-state index in [0.29, 0.717) is 6.04 Å². The van der Waals surface area contributed by atoms with E-state index in [1.807, 2.05) is 6.92 Å². The molecule has 1 nitrogen and oxygen atoms in total. The fourth-order valence-electron chi connectivity index (χ4n) is 2.49. The Morgan fingerprint density at radius 1 is 1.26 bits per heavy atom. The number of hydrogen-bond acceptors (Lipinski definition) is 1. The van der Waals surface area contributed by atoms with Crippen molar-refractivity contribution in [2.24, 2.45) is 0 Å². The molecule has 1 rings (SSSR count). The zero-order valence-electron chi connectivity index (χ0n) is 13.1. The second kappa shape index (κ2) is 8.02. The summed E-state index contributed by atoms with van der Waals surface area (Å²) in [5, 5.41) is 0. The monoisotopic (exact) mass is 257 g/mol. The second-order valence-corrected chi connectivity index (χ2v) is 5.22. The van der Waals surface area contributed by atoms with E-state index in [1.165, 1.54) is 24.0 Å². The van der Waals surface area contributed by atoms with Gasteiger partial charge in [0.15, 0.2) is 0 Å². The van der Waals surface area contributed by atoms with Gasteiger partial charge in [0, 0.05) is 18.2 Å². The zero-order chi connectivity index (χ0) is 14.3. The molecule has 1 atom stereocenters. The largest absolute Gasteiger partial charge is 0.297 e. The summed E-state index contributed by atoms with van der Waals surface area (Å²) in [4.78, 5) is 2.55. The molecule has 1 aromatic carbocycles. The number of hydrogen-bond donors (Lipinski definition) is 0. The third-order valence-corrected chi connectivity index (χ3v) is 3.72. The highest BCUT2D eigenvalue weighted by Crippen LogP contribution is 2.16. The fourth-order valence-corrected chi connectivity index (χ4v) is 2.49. The highest BCUT2D eigenvalue weighted by molar-refractivity contribution is 5.40. The molecule has 0 N–H and O–H groups in total. The maximum Gasteiger partial charge on any atom is 0.0247 e. The molecule has 0 aliphatic heterocycles. The summed E-state index contributed by atoms with van der Waals surface area (Å²) < 4.78 is 0. The molecule has 0 bridgehead atoms. The Kier molecular flexibility index (Phi) is 6.67. The number of nitrogens with zero attached hydrogens (tertiary/aromatic N) is 1. The van der Waals surface area contributed by atoms with Gasteiger partial charge in [-0.3, -0.25) is 4.90 Å². The van der Waals surface area contributed by atoms with Crippen LogP contribution in [0.3, 0.4) is 0 Å². The van der Waals surface area contributed by atoms with Crippen LogP contribution in [-0.4, -0.2) is 17.5 Å². The van der Waals surface area contributed by atoms with E-state index in [2.05, 4.69) is 62.6 Å². The number of aryl methyl sites for hydroxylation is 1. The Hall–Kier alpha value is -1.26. The number of benzene rings is 1. The summed E-state index contributed by atoms with van der Waals surface area (Å²) in [6, 6.07) is 7.22. The quantitative estimate of drug-likeness (QED) is 0.684. The summed E-state index contributed by atoms with van der Waals surface area (Å²) in [6.45, 7) is 13.1. The first kappa shape index (κ1) is 15.8. The summed E-state index contributed by atoms with van der Waals surface area (Å²) in [5.74, 6) is 6.08. The summed E-state index contributed by atoms with van der Waals surface area (Å²) in [7, 11) is 0. The summed E-state index contributed by atoms with van der Waals surface area (Å²) in [6.07, 6.45) is 2.52. The molecule has 0 aliphatic carbocycles. The minimum Gasteiger partial charge on any atom is -0.297 e. The molecule has 1 aromatic rings. The van der Waals surface area contributed by atoms with Gasteiger partial charge >= 0.3 is 0 Å². The molecule has 0 aliphatic rings. The van der Waals surface area contributed by atoms with E-state index >= 15 is 0 Å². The van der Waals surface area contributed by atoms with Gasteiger partial charge in [-0.15, -0.1) is 5.92 Å². The van der Waals surface area contributed by atoms with Crippen molar-refractivity contribution in [2.75, 3.05) is 6.54 Å². The van der Waals surface area contributed by atoms with Crippen LogP contribution >= 0.6 is 0 Å². The molecule has 0 saturated carbocycles. The minimum absolute atomic E-state index is 0.657. The molecular formula is C18H27N. The second-order valence-electron chi connectivity index (χ2n) is 5.22. The van der Waals surface area contributed by atoms with Gasteiger partial charge in [-0.05, 0) is 57.0 Å². The van der Waals surface area contributed by atoms with Crippen LogP contribution in [-0.2, 0) is 6.54 Å². The Balaban J connectivity index is 2.82. The average molecular weight is 257 g/mol. The topological polar surface area (TPSA) is 3.24 Å². The van der Waals surface area contributed by atoms with Gasteiger partial charge in [-0.2, -0.15) is 0 Å². The van der Waals surface area contributed by atoms with Crippen LogP contribution in [0, 0.1) is 18.8 Å². The van der Waals surface area contributed by atoms with Gasteiger partial charge in [-0.1, -0.05) is 32.3 Å². The lowest BCUT2D eigenvalue weighted by Crippen LogP contribution is -2.32. The van der Waals surface area contributed by atoms with E-state index in [1.54, 1.807) is 0 Å². The molecule has 0 spiro atoms. The maximum absolute atomic E-state index is 3.12. The van der Waals surface area contributed by atoms with Crippen molar-refractivity contribution in [1.29, 1.82) is 0 Å². The lowest BCUT2D eigenvalue weighted by Gasteiger charge is -2.28. The van der Waals surface area contributed by atoms with E-state index in [0.717, 1.165) is 18.7 Å². The van der Waals surface area contributed by atoms with Crippen LogP contribution in [0.2, 0.25) is 0 Å². The molecule has 0 saturated heterocycles. The first-order chi connectivity index (χ1) is 9.12. The van der Waals surface area contributed by atoms with Crippen molar-refractivity contribution < 1.29 is 0 Å². The van der Waals surface area contributed by atoms with Crippen LogP contribution in [0.25, 0.3) is 0 Å². The lowest BCUT2D eigenvalue weighted by molar-refractivity contribution is 0.200. The van der Waals surface area contributed by atoms with Crippen molar-refractivity contribution in [3.63, 3.8) is 0 Å². The molecule has 0 aromatic heterocycles. The molecular weight excluding hydrogens is 230 g/mol. The lowest BCUT2D eigenvalue weighted by atomic mass is 10.0. The van der Waals surface area contributed by atoms with Gasteiger partial charge in [0.05, 0.1) is 0 Å². The van der Waals surface area contributed by atoms with E-state index < -0.39 is 0 Å². The first-order valence-corrected chi connectivity index (χ1v) is 7.38. The van der Waals surface area contributed by atoms with Crippen LogP contribution in [0.5, 0.6) is 0 Å². The molecule has 1 unspecified atom stereocenters. The van der Waals surface area contributed by atoms with Gasteiger partial charge in [0.25, 0.3) is 0 Å². The SMILES string of the molecule is CC#Cc1ccc(CN(CC)C(C)CCC)c(C)c1. The Morgan fingerprint density at radius 2 is 2.00 bits per heavy atom. The Labute approximate surface area is 119 Å². The molecule has 0 radical (unpaired) electrons. The highest BCUT2D eigenvalue weighted by atomic mass is 15.1. The van der Waals surface area contributed by atoms with Crippen molar-refractivity contribution in [2.45, 2.75) is 60.0 Å². The number of rotatable bonds is 6. The van der Waals surface area contributed by atoms with Gasteiger partial charge < -0.3 is 0 Å². The molecule has 19 heavy (non-hydrogen) atoms. The summed E-state index contributed by atoms with van der Waals surface area (Å²) in [5.41, 5.74) is 3.89. The Morgan fingerprint density at radius 3 is 2.53 bits per heavy atom. The fraction of sp³-hybridized carbons (Fsp3) is 0.556. The summed E-state index contributed by atoms with van der Waals surface area (Å²) >= 11 is 0. The van der Waals surface area contributed by atoms with Gasteiger partial charge in [0.2, 0.25) is 0 Å². The standard InChI is InChI=1S/C18H27N/c1-6-9-16(5)19(8-3)14-18-12-11-17(10-7-2)13-15(18)4/h11-13,16H,6,8-9,14H2,1-5H3. The third-order valence-electron chi connectivity index (χ3n) is 3.72. The van der Waals surface area contributed by atoms with Crippen LogP contribution in [0.4, 0.5) is 0 Å². The first-order valence-electron chi connectivity index (χ1n) is 7.38.